The van der Waals surface area contributed by atoms with Gasteiger partial charge in [0.1, 0.15) is 11.9 Å². The predicted molar refractivity (Wildman–Crippen MR) is 77.7 cm³/mol. The van der Waals surface area contributed by atoms with Crippen LogP contribution in [0.1, 0.15) is 38.3 Å². The molecule has 2 unspecified atom stereocenters. The number of nitrogens with two attached hydrogens (primary N) is 1. The molecule has 2 rings (SSSR count). The lowest BCUT2D eigenvalue weighted by Crippen LogP contribution is -2.46. The van der Waals surface area contributed by atoms with Gasteiger partial charge in [0.15, 0.2) is 0 Å². The van der Waals surface area contributed by atoms with Crippen LogP contribution in [-0.2, 0) is 10.2 Å². The Balaban J connectivity index is 2.13. The third-order valence-corrected chi connectivity index (χ3v) is 3.67. The van der Waals surface area contributed by atoms with Gasteiger partial charge >= 0.3 is 0 Å². The maximum Gasteiger partial charge on any atom is 0.137 e. The zero-order valence-electron chi connectivity index (χ0n) is 12.4. The lowest BCUT2D eigenvalue weighted by Gasteiger charge is -2.30. The quantitative estimate of drug-likeness (QED) is 0.892. The monoisotopic (exact) mass is 263 g/mol. The minimum absolute atomic E-state index is 0.0343. The van der Waals surface area contributed by atoms with E-state index in [0.717, 1.165) is 24.3 Å². The van der Waals surface area contributed by atoms with Crippen LogP contribution < -0.4 is 10.5 Å². The Morgan fingerprint density at radius 3 is 2.63 bits per heavy atom. The summed E-state index contributed by atoms with van der Waals surface area (Å²) in [4.78, 5) is 0. The van der Waals surface area contributed by atoms with Crippen LogP contribution in [0.25, 0.3) is 0 Å². The number of aryl methyl sites for hydroxylation is 1. The third-order valence-electron chi connectivity index (χ3n) is 3.67. The smallest absolute Gasteiger partial charge is 0.137 e. The van der Waals surface area contributed by atoms with E-state index in [1.54, 1.807) is 0 Å². The molecule has 0 radical (unpaired) electrons. The van der Waals surface area contributed by atoms with Crippen LogP contribution in [0.15, 0.2) is 18.2 Å². The van der Waals surface area contributed by atoms with Gasteiger partial charge in [0.05, 0.1) is 6.61 Å². The van der Waals surface area contributed by atoms with E-state index in [-0.39, 0.29) is 17.6 Å². The fraction of sp³-hybridized carbons (Fsp3) is 0.625. The second-order valence-electron chi connectivity index (χ2n) is 6.41. The van der Waals surface area contributed by atoms with E-state index in [4.69, 9.17) is 15.2 Å². The SMILES string of the molecule is Cc1cc(C(C)(C)C)ccc1OC1COCCC1N. The lowest BCUT2D eigenvalue weighted by atomic mass is 9.86. The first kappa shape index (κ1) is 14.4. The summed E-state index contributed by atoms with van der Waals surface area (Å²) < 4.78 is 11.5. The van der Waals surface area contributed by atoms with E-state index >= 15 is 0 Å². The van der Waals surface area contributed by atoms with Crippen LogP contribution in [0.2, 0.25) is 0 Å². The fourth-order valence-corrected chi connectivity index (χ4v) is 2.26. The van der Waals surface area contributed by atoms with Crippen molar-refractivity contribution < 1.29 is 9.47 Å². The Hall–Kier alpha value is -1.06. The highest BCUT2D eigenvalue weighted by Gasteiger charge is 2.25. The van der Waals surface area contributed by atoms with Crippen molar-refractivity contribution in [3.8, 4) is 5.75 Å². The summed E-state index contributed by atoms with van der Waals surface area (Å²) >= 11 is 0. The molecule has 1 heterocycles. The predicted octanol–water partition coefficient (Wildman–Crippen LogP) is 2.79. The molecule has 1 saturated heterocycles. The van der Waals surface area contributed by atoms with Crippen molar-refractivity contribution in [1.82, 2.24) is 0 Å². The second-order valence-corrected chi connectivity index (χ2v) is 6.41. The van der Waals surface area contributed by atoms with Crippen LogP contribution in [0.3, 0.4) is 0 Å². The van der Waals surface area contributed by atoms with Crippen LogP contribution in [0.4, 0.5) is 0 Å². The van der Waals surface area contributed by atoms with Crippen molar-refractivity contribution in [2.24, 2.45) is 5.73 Å². The minimum atomic E-state index is -0.0343. The first-order valence-electron chi connectivity index (χ1n) is 6.99. The molecule has 0 aromatic heterocycles. The van der Waals surface area contributed by atoms with Crippen LogP contribution in [-0.4, -0.2) is 25.4 Å². The summed E-state index contributed by atoms with van der Waals surface area (Å²) in [5.74, 6) is 0.916. The first-order chi connectivity index (χ1) is 8.88. The molecule has 1 aromatic rings. The molecule has 1 aliphatic rings. The molecule has 1 aromatic carbocycles. The van der Waals surface area contributed by atoms with E-state index in [2.05, 4.69) is 45.9 Å². The molecule has 1 fully saturated rings. The van der Waals surface area contributed by atoms with Crippen molar-refractivity contribution >= 4 is 0 Å². The van der Waals surface area contributed by atoms with Crippen LogP contribution in [0, 0.1) is 6.92 Å². The molecule has 2 atom stereocenters. The number of benzene rings is 1. The molecule has 0 spiro atoms. The highest BCUT2D eigenvalue weighted by atomic mass is 16.5. The minimum Gasteiger partial charge on any atom is -0.486 e. The van der Waals surface area contributed by atoms with Gasteiger partial charge in [-0.15, -0.1) is 0 Å². The molecule has 106 valence electrons. The van der Waals surface area contributed by atoms with Gasteiger partial charge in [0.2, 0.25) is 0 Å². The molecule has 0 bridgehead atoms. The van der Waals surface area contributed by atoms with E-state index in [1.807, 2.05) is 0 Å². The van der Waals surface area contributed by atoms with Gasteiger partial charge in [-0.1, -0.05) is 32.9 Å². The standard InChI is InChI=1S/C16H25NO2/c1-11-9-12(16(2,3)4)5-6-14(11)19-15-10-18-8-7-13(15)17/h5-6,9,13,15H,7-8,10,17H2,1-4H3. The zero-order chi connectivity index (χ0) is 14.0. The fourth-order valence-electron chi connectivity index (χ4n) is 2.26. The van der Waals surface area contributed by atoms with Gasteiger partial charge in [0, 0.05) is 12.6 Å². The Morgan fingerprint density at radius 1 is 1.32 bits per heavy atom. The number of hydrogen-bond acceptors (Lipinski definition) is 3. The number of ether oxygens (including phenoxy) is 2. The van der Waals surface area contributed by atoms with Crippen molar-refractivity contribution in [2.75, 3.05) is 13.2 Å². The van der Waals surface area contributed by atoms with E-state index < -0.39 is 0 Å². The van der Waals surface area contributed by atoms with E-state index in [0.29, 0.717) is 6.61 Å². The normalized spacial score (nSPS) is 24.3. The summed E-state index contributed by atoms with van der Waals surface area (Å²) in [7, 11) is 0. The Kier molecular flexibility index (Phi) is 4.16. The summed E-state index contributed by atoms with van der Waals surface area (Å²) in [6, 6.07) is 6.45. The van der Waals surface area contributed by atoms with Gasteiger partial charge in [0.25, 0.3) is 0 Å². The molecule has 3 nitrogen and oxygen atoms in total. The van der Waals surface area contributed by atoms with Crippen LogP contribution >= 0.6 is 0 Å². The van der Waals surface area contributed by atoms with Crippen molar-refractivity contribution in [3.63, 3.8) is 0 Å². The number of rotatable bonds is 2. The Bertz CT molecular complexity index is 437. The molecule has 0 amide bonds. The summed E-state index contributed by atoms with van der Waals surface area (Å²) in [5, 5.41) is 0. The van der Waals surface area contributed by atoms with Gasteiger partial charge in [-0.05, 0) is 36.0 Å². The zero-order valence-corrected chi connectivity index (χ0v) is 12.4. The van der Waals surface area contributed by atoms with Crippen molar-refractivity contribution in [3.05, 3.63) is 29.3 Å². The van der Waals surface area contributed by atoms with Crippen molar-refractivity contribution in [1.29, 1.82) is 0 Å². The maximum atomic E-state index is 6.07. The Morgan fingerprint density at radius 2 is 2.05 bits per heavy atom. The van der Waals surface area contributed by atoms with E-state index in [9.17, 15) is 0 Å². The molecule has 19 heavy (non-hydrogen) atoms. The second kappa shape index (κ2) is 5.51. The van der Waals surface area contributed by atoms with Gasteiger partial charge in [-0.3, -0.25) is 0 Å². The molecular formula is C16H25NO2. The highest BCUT2D eigenvalue weighted by Crippen LogP contribution is 2.28. The largest absolute Gasteiger partial charge is 0.486 e. The molecular weight excluding hydrogens is 238 g/mol. The molecule has 3 heteroatoms. The van der Waals surface area contributed by atoms with Gasteiger partial charge in [-0.2, -0.15) is 0 Å². The van der Waals surface area contributed by atoms with E-state index in [1.165, 1.54) is 5.56 Å². The molecule has 0 saturated carbocycles. The van der Waals surface area contributed by atoms with Gasteiger partial charge < -0.3 is 15.2 Å². The van der Waals surface area contributed by atoms with Crippen LogP contribution in [0.5, 0.6) is 5.75 Å². The average molecular weight is 263 g/mol. The lowest BCUT2D eigenvalue weighted by molar-refractivity contribution is -0.00559. The molecule has 2 N–H and O–H groups in total. The number of hydrogen-bond donors (Lipinski definition) is 1. The average Bonchev–Trinajstić information content (AvgIpc) is 2.33. The van der Waals surface area contributed by atoms with Gasteiger partial charge in [-0.25, -0.2) is 0 Å². The summed E-state index contributed by atoms with van der Waals surface area (Å²) in [5.41, 5.74) is 8.71. The molecule has 1 aliphatic heterocycles. The van der Waals surface area contributed by atoms with Crippen molar-refractivity contribution in [2.45, 2.75) is 51.7 Å². The molecule has 0 aliphatic carbocycles. The topological polar surface area (TPSA) is 44.5 Å². The first-order valence-corrected chi connectivity index (χ1v) is 6.99. The summed E-state index contributed by atoms with van der Waals surface area (Å²) in [6.45, 7) is 10.1. The highest BCUT2D eigenvalue weighted by molar-refractivity contribution is 5.39. The Labute approximate surface area is 116 Å². The maximum absolute atomic E-state index is 6.07. The third kappa shape index (κ3) is 3.48. The summed E-state index contributed by atoms with van der Waals surface area (Å²) in [6.07, 6.45) is 0.831.